The Bertz CT molecular complexity index is 1870. The number of hydrogen-bond acceptors (Lipinski definition) is 0. The molecule has 0 saturated carbocycles. The molecule has 0 bridgehead atoms. The molecule has 0 aliphatic carbocycles. The molecule has 41 heavy (non-hydrogen) atoms. The van der Waals surface area contributed by atoms with Crippen LogP contribution < -0.4 is 0 Å². The molecule has 0 spiro atoms. The molecule has 0 aliphatic rings. The van der Waals surface area contributed by atoms with E-state index in [0.29, 0.717) is 0 Å². The number of aryl methyl sites for hydroxylation is 3. The van der Waals surface area contributed by atoms with Crippen molar-refractivity contribution in [2.24, 2.45) is 0 Å². The Kier molecular flexibility index (Phi) is 11.4. The van der Waals surface area contributed by atoms with E-state index in [0.717, 1.165) is 0 Å². The molecule has 7 aromatic carbocycles. The van der Waals surface area contributed by atoms with Crippen LogP contribution in [-0.4, -0.2) is 6.88 Å². The second-order valence-corrected chi connectivity index (χ2v) is 9.96. The van der Waals surface area contributed by atoms with Crippen molar-refractivity contribution in [3.63, 3.8) is 0 Å². The normalized spacial score (nSPS) is 10.1. The van der Waals surface area contributed by atoms with E-state index in [9.17, 15) is 0 Å². The van der Waals surface area contributed by atoms with Crippen LogP contribution in [0.5, 0.6) is 0 Å². The summed E-state index contributed by atoms with van der Waals surface area (Å²) in [7, 11) is 0. The minimum atomic E-state index is 0. The molecule has 0 nitrogen and oxygen atoms in total. The molecule has 0 saturated heterocycles. The quantitative estimate of drug-likeness (QED) is 0.133. The van der Waals surface area contributed by atoms with E-state index in [1.165, 1.54) is 94.6 Å². The molecule has 7 aromatic rings. The summed E-state index contributed by atoms with van der Waals surface area (Å²) in [4.78, 5) is 0. The summed E-state index contributed by atoms with van der Waals surface area (Å²) in [6.45, 7) is 9.62. The van der Waals surface area contributed by atoms with Crippen molar-refractivity contribution in [2.45, 2.75) is 20.8 Å². The number of rotatable bonds is 2. The van der Waals surface area contributed by atoms with E-state index >= 15 is 0 Å². The molecule has 7 rings (SSSR count). The molecule has 0 amide bonds. The number of fused-ring (bicyclic) bond motifs is 3. The van der Waals surface area contributed by atoms with E-state index in [1.54, 1.807) is 0 Å². The predicted octanol–water partition coefficient (Wildman–Crippen LogP) is 11.0. The fourth-order valence-corrected chi connectivity index (χ4v) is 5.59. The molecule has 204 valence electrons. The molecular weight excluding hydrogens is 588 g/mol. The van der Waals surface area contributed by atoms with Crippen molar-refractivity contribution < 1.29 is 23.3 Å². The summed E-state index contributed by atoms with van der Waals surface area (Å²) >= 11 is 1.36. The van der Waals surface area contributed by atoms with Gasteiger partial charge in [0.15, 0.2) is 0 Å². The summed E-state index contributed by atoms with van der Waals surface area (Å²) in [5, 5.41) is 8.04. The van der Waals surface area contributed by atoms with Gasteiger partial charge in [0, 0.05) is 0 Å². The van der Waals surface area contributed by atoms with E-state index in [1.807, 2.05) is 0 Å². The second kappa shape index (κ2) is 14.5. The van der Waals surface area contributed by atoms with Gasteiger partial charge in [-0.25, -0.2) is 0 Å². The fourth-order valence-electron chi connectivity index (χ4n) is 5.59. The number of hydrogen-bond donors (Lipinski definition) is 0. The van der Waals surface area contributed by atoms with Crippen molar-refractivity contribution in [1.82, 2.24) is 0 Å². The van der Waals surface area contributed by atoms with Gasteiger partial charge < -0.3 is 14.9 Å². The van der Waals surface area contributed by atoms with Gasteiger partial charge in [0.25, 0.3) is 0 Å². The minimum absolute atomic E-state index is 0. The first kappa shape index (κ1) is 32.2. The Morgan fingerprint density at radius 2 is 1.10 bits per heavy atom. The van der Waals surface area contributed by atoms with E-state index < -0.39 is 0 Å². The third-order valence-corrected chi connectivity index (χ3v) is 7.49. The summed E-state index contributed by atoms with van der Waals surface area (Å²) in [6.07, 6.45) is 0. The van der Waals surface area contributed by atoms with E-state index in [-0.39, 0.29) is 14.9 Å². The van der Waals surface area contributed by atoms with Crippen LogP contribution in [0.4, 0.5) is 0 Å². The molecule has 0 heterocycles. The van der Waals surface area contributed by atoms with Gasteiger partial charge >= 0.3 is 30.2 Å². The zero-order chi connectivity index (χ0) is 27.4. The van der Waals surface area contributed by atoms with Gasteiger partial charge in [0.05, 0.1) is 0 Å². The SMILES string of the molecule is Cc1[cH-]c2cccc(-c3ccccc3)c2c1C.Cc1cc2c(-c3cccc4ccccc34)cccc2[cH-]1.[CH3-].[CH3-].[Si]=[Zr]. The first-order valence-corrected chi connectivity index (χ1v) is 17.4. The van der Waals surface area contributed by atoms with Gasteiger partial charge in [-0.15, -0.1) is 69.1 Å². The van der Waals surface area contributed by atoms with Crippen LogP contribution in [0.2, 0.25) is 0 Å². The molecule has 2 heteroatoms. The zero-order valence-corrected chi connectivity index (χ0v) is 28.1. The molecular formula is C39H36SiZr-4. The molecule has 0 aliphatic heterocycles. The van der Waals surface area contributed by atoms with Crippen LogP contribution in [0.15, 0.2) is 127 Å². The van der Waals surface area contributed by atoms with Gasteiger partial charge in [-0.05, 0) is 21.9 Å². The monoisotopic (exact) mass is 622 g/mol. The van der Waals surface area contributed by atoms with Crippen molar-refractivity contribution in [1.29, 1.82) is 0 Å². The summed E-state index contributed by atoms with van der Waals surface area (Å²) in [5.74, 6) is 0. The first-order valence-electron chi connectivity index (χ1n) is 13.2. The summed E-state index contributed by atoms with van der Waals surface area (Å²) < 4.78 is 0. The van der Waals surface area contributed by atoms with E-state index in [4.69, 9.17) is 0 Å². The summed E-state index contributed by atoms with van der Waals surface area (Å²) in [6, 6.07) is 45.7. The predicted molar refractivity (Wildman–Crippen MR) is 180 cm³/mol. The molecule has 2 radical (unpaired) electrons. The van der Waals surface area contributed by atoms with Crippen molar-refractivity contribution >= 4 is 39.2 Å². The van der Waals surface area contributed by atoms with Crippen molar-refractivity contribution in [2.75, 3.05) is 0 Å². The zero-order valence-electron chi connectivity index (χ0n) is 24.6. The molecule has 0 fully saturated rings. The van der Waals surface area contributed by atoms with Crippen LogP contribution in [0.25, 0.3) is 54.6 Å². The van der Waals surface area contributed by atoms with Gasteiger partial charge in [-0.2, -0.15) is 11.6 Å². The van der Waals surface area contributed by atoms with Crippen LogP contribution >= 0.6 is 0 Å². The van der Waals surface area contributed by atoms with E-state index in [2.05, 4.69) is 155 Å². The average Bonchev–Trinajstić information content (AvgIpc) is 3.52. The maximum atomic E-state index is 3.06. The van der Waals surface area contributed by atoms with Gasteiger partial charge in [-0.3, -0.25) is 0 Å². The first-order chi connectivity index (χ1) is 19.1. The Morgan fingerprint density at radius 1 is 0.537 bits per heavy atom. The summed E-state index contributed by atoms with van der Waals surface area (Å²) in [5.41, 5.74) is 9.39. The average molecular weight is 624 g/mol. The van der Waals surface area contributed by atoms with Gasteiger partial charge in [0.2, 0.25) is 0 Å². The van der Waals surface area contributed by atoms with Crippen LogP contribution in [0, 0.1) is 35.6 Å². The second-order valence-electron chi connectivity index (χ2n) is 9.96. The van der Waals surface area contributed by atoms with Crippen molar-refractivity contribution in [3.05, 3.63) is 159 Å². The molecule has 0 N–H and O–H groups in total. The Balaban J connectivity index is 0.000000206. The Morgan fingerprint density at radius 3 is 1.83 bits per heavy atom. The van der Waals surface area contributed by atoms with Crippen molar-refractivity contribution in [3.8, 4) is 22.3 Å². The molecule has 0 atom stereocenters. The standard InChI is InChI=1S/C20H15.C17H15.2CH3.Si.Zr/c1-14-12-16-8-5-11-19(20(16)13-14)18-10-4-7-15-6-2-3-9-17(15)18;1-12-11-15-9-6-10-16(17(15)13(12)2)14-7-4-3-5-8-14;;;;/h2-13H,1H3;3-11H,1-2H3;2*1H3;;/q4*-1;;. The van der Waals surface area contributed by atoms with Crippen LogP contribution in [0.1, 0.15) is 16.7 Å². The van der Waals surface area contributed by atoms with Gasteiger partial charge in [0.1, 0.15) is 0 Å². The molecule has 0 aromatic heterocycles. The topological polar surface area (TPSA) is 0 Å². The Hall–Kier alpha value is -3.32. The number of benzene rings is 5. The van der Waals surface area contributed by atoms with Crippen LogP contribution in [-0.2, 0) is 23.3 Å². The van der Waals surface area contributed by atoms with Crippen LogP contribution in [0.3, 0.4) is 0 Å². The maximum absolute atomic E-state index is 3.06. The molecule has 0 unspecified atom stereocenters. The van der Waals surface area contributed by atoms with Gasteiger partial charge in [-0.1, -0.05) is 117 Å². The fraction of sp³-hybridized carbons (Fsp3) is 0.0769. The third-order valence-electron chi connectivity index (χ3n) is 7.49. The third kappa shape index (κ3) is 6.61. The Labute approximate surface area is 263 Å².